The molecule has 1 aromatic heterocycles. The Labute approximate surface area is 159 Å². The molecule has 0 aliphatic heterocycles. The average Bonchev–Trinajstić information content (AvgIpc) is 2.65. The van der Waals surface area contributed by atoms with Crippen LogP contribution in [0.5, 0.6) is 0 Å². The van der Waals surface area contributed by atoms with Gasteiger partial charge in [0.1, 0.15) is 5.82 Å². The van der Waals surface area contributed by atoms with E-state index in [1.807, 2.05) is 32.1 Å². The fourth-order valence-electron chi connectivity index (χ4n) is 3.49. The van der Waals surface area contributed by atoms with Crippen molar-refractivity contribution in [2.24, 2.45) is 0 Å². The predicted molar refractivity (Wildman–Crippen MR) is 104 cm³/mol. The molecule has 3 rings (SSSR count). The largest absolute Gasteiger partial charge is 0.362 e. The zero-order chi connectivity index (χ0) is 19.4. The fraction of sp³-hybridized carbons (Fsp3) is 0.500. The molecule has 2 aromatic rings. The molecule has 1 aliphatic carbocycles. The van der Waals surface area contributed by atoms with E-state index in [0.717, 1.165) is 42.6 Å². The molecule has 0 amide bonds. The quantitative estimate of drug-likeness (QED) is 0.807. The van der Waals surface area contributed by atoms with Gasteiger partial charge in [0.2, 0.25) is 5.95 Å². The van der Waals surface area contributed by atoms with Crippen molar-refractivity contribution in [1.29, 1.82) is 0 Å². The molecular weight excluding hydrogens is 348 g/mol. The first-order valence-electron chi connectivity index (χ1n) is 9.37. The van der Waals surface area contributed by atoms with Crippen molar-refractivity contribution < 1.29 is 8.78 Å². The van der Waals surface area contributed by atoms with Gasteiger partial charge in [-0.3, -0.25) is 0 Å². The first-order valence-corrected chi connectivity index (χ1v) is 9.37. The Morgan fingerprint density at radius 2 is 1.78 bits per heavy atom. The number of nitrogens with zero attached hydrogens (tertiary/aromatic N) is 3. The van der Waals surface area contributed by atoms with Crippen LogP contribution in [0.2, 0.25) is 0 Å². The highest BCUT2D eigenvalue weighted by Gasteiger charge is 2.21. The van der Waals surface area contributed by atoms with Gasteiger partial charge in [0.25, 0.3) is 0 Å². The topological polar surface area (TPSA) is 53.1 Å². The van der Waals surface area contributed by atoms with Gasteiger partial charge in [0.05, 0.1) is 0 Å². The molecule has 2 N–H and O–H groups in total. The first-order chi connectivity index (χ1) is 12.9. The third kappa shape index (κ3) is 5.13. The molecule has 146 valence electrons. The van der Waals surface area contributed by atoms with Crippen molar-refractivity contribution in [3.05, 3.63) is 47.2 Å². The molecule has 1 saturated carbocycles. The zero-order valence-corrected chi connectivity index (χ0v) is 16.1. The molecule has 0 radical (unpaired) electrons. The molecule has 0 spiro atoms. The Morgan fingerprint density at radius 3 is 2.44 bits per heavy atom. The number of nitrogens with one attached hydrogen (secondary N) is 2. The molecule has 5 nitrogen and oxygen atoms in total. The lowest BCUT2D eigenvalue weighted by Gasteiger charge is -2.30. The van der Waals surface area contributed by atoms with E-state index < -0.39 is 11.6 Å². The second-order valence-corrected chi connectivity index (χ2v) is 7.42. The van der Waals surface area contributed by atoms with Gasteiger partial charge in [0, 0.05) is 44.5 Å². The first kappa shape index (κ1) is 19.5. The summed E-state index contributed by atoms with van der Waals surface area (Å²) in [5, 5.41) is 6.89. The lowest BCUT2D eigenvalue weighted by molar-refractivity contribution is 0.352. The van der Waals surface area contributed by atoms with Crippen molar-refractivity contribution in [2.75, 3.05) is 24.3 Å². The second-order valence-electron chi connectivity index (χ2n) is 7.42. The Morgan fingerprint density at radius 1 is 1.07 bits per heavy atom. The van der Waals surface area contributed by atoms with Crippen LogP contribution in [0.15, 0.2) is 24.4 Å². The SMILES string of the molecule is Cc1cnc(N[C@H]2CC[C@@H](NCc3ccc(F)c(F)c3)CC2)nc1N(C)C. The van der Waals surface area contributed by atoms with Gasteiger partial charge < -0.3 is 15.5 Å². The molecule has 27 heavy (non-hydrogen) atoms. The van der Waals surface area contributed by atoms with Gasteiger partial charge in [-0.05, 0) is 50.3 Å². The van der Waals surface area contributed by atoms with Crippen LogP contribution < -0.4 is 15.5 Å². The molecule has 0 bridgehead atoms. The minimum absolute atomic E-state index is 0.351. The molecular formula is C20H27F2N5. The van der Waals surface area contributed by atoms with E-state index in [0.29, 0.717) is 24.6 Å². The van der Waals surface area contributed by atoms with E-state index in [-0.39, 0.29) is 0 Å². The Hall–Kier alpha value is -2.28. The fourth-order valence-corrected chi connectivity index (χ4v) is 3.49. The standard InChI is InChI=1S/C20H27F2N5/c1-13-11-24-20(26-19(13)27(2)3)25-16-7-5-15(6-8-16)23-12-14-4-9-17(21)18(22)10-14/h4,9-11,15-16,23H,5-8,12H2,1-3H3,(H,24,25,26)/t15-,16+. The average molecular weight is 375 g/mol. The van der Waals surface area contributed by atoms with Gasteiger partial charge in [-0.25, -0.2) is 13.8 Å². The van der Waals surface area contributed by atoms with E-state index >= 15 is 0 Å². The summed E-state index contributed by atoms with van der Waals surface area (Å²) in [6.45, 7) is 2.55. The number of hydrogen-bond acceptors (Lipinski definition) is 5. The summed E-state index contributed by atoms with van der Waals surface area (Å²) in [6.07, 6.45) is 5.93. The molecule has 1 fully saturated rings. The number of anilines is 2. The Bertz CT molecular complexity index is 773. The maximum atomic E-state index is 13.3. The van der Waals surface area contributed by atoms with E-state index in [4.69, 9.17) is 0 Å². The van der Waals surface area contributed by atoms with Crippen LogP contribution in [-0.2, 0) is 6.54 Å². The molecule has 0 atom stereocenters. The number of halogens is 2. The molecule has 0 saturated heterocycles. The second kappa shape index (κ2) is 8.61. The summed E-state index contributed by atoms with van der Waals surface area (Å²) in [5.74, 6) is -0.00430. The maximum Gasteiger partial charge on any atom is 0.224 e. The highest BCUT2D eigenvalue weighted by molar-refractivity contribution is 5.47. The van der Waals surface area contributed by atoms with Crippen LogP contribution in [0.4, 0.5) is 20.5 Å². The monoisotopic (exact) mass is 375 g/mol. The van der Waals surface area contributed by atoms with Crippen LogP contribution in [0.1, 0.15) is 36.8 Å². The minimum Gasteiger partial charge on any atom is -0.362 e. The lowest BCUT2D eigenvalue weighted by Crippen LogP contribution is -2.37. The van der Waals surface area contributed by atoms with E-state index in [1.54, 1.807) is 6.07 Å². The van der Waals surface area contributed by atoms with Crippen molar-refractivity contribution in [2.45, 2.75) is 51.2 Å². The Kier molecular flexibility index (Phi) is 6.21. The van der Waals surface area contributed by atoms with E-state index in [9.17, 15) is 8.78 Å². The molecule has 0 unspecified atom stereocenters. The van der Waals surface area contributed by atoms with Crippen LogP contribution in [0.25, 0.3) is 0 Å². The van der Waals surface area contributed by atoms with Crippen molar-refractivity contribution in [1.82, 2.24) is 15.3 Å². The maximum absolute atomic E-state index is 13.3. The normalized spacial score (nSPS) is 19.7. The summed E-state index contributed by atoms with van der Waals surface area (Å²) >= 11 is 0. The smallest absolute Gasteiger partial charge is 0.224 e. The molecule has 7 heteroatoms. The summed E-state index contributed by atoms with van der Waals surface area (Å²) in [5.41, 5.74) is 1.81. The van der Waals surface area contributed by atoms with Crippen LogP contribution in [0, 0.1) is 18.6 Å². The van der Waals surface area contributed by atoms with Crippen molar-refractivity contribution in [3.63, 3.8) is 0 Å². The summed E-state index contributed by atoms with van der Waals surface area (Å²) in [4.78, 5) is 11.0. The number of rotatable bonds is 6. The molecule has 1 aromatic carbocycles. The minimum atomic E-state index is -0.805. The predicted octanol–water partition coefficient (Wildman–Crippen LogP) is 3.64. The van der Waals surface area contributed by atoms with Gasteiger partial charge >= 0.3 is 0 Å². The van der Waals surface area contributed by atoms with Crippen LogP contribution in [0.3, 0.4) is 0 Å². The van der Waals surface area contributed by atoms with E-state index in [2.05, 4.69) is 20.6 Å². The summed E-state index contributed by atoms with van der Waals surface area (Å²) in [7, 11) is 3.95. The van der Waals surface area contributed by atoms with Gasteiger partial charge in [0.15, 0.2) is 11.6 Å². The number of aromatic nitrogens is 2. The number of benzene rings is 1. The summed E-state index contributed by atoms with van der Waals surface area (Å²) < 4.78 is 26.3. The zero-order valence-electron chi connectivity index (χ0n) is 16.1. The third-order valence-corrected chi connectivity index (χ3v) is 5.01. The van der Waals surface area contributed by atoms with Crippen molar-refractivity contribution >= 4 is 11.8 Å². The Balaban J connectivity index is 1.47. The number of aryl methyl sites for hydroxylation is 1. The van der Waals surface area contributed by atoms with Crippen LogP contribution in [-0.4, -0.2) is 36.1 Å². The van der Waals surface area contributed by atoms with Gasteiger partial charge in [-0.1, -0.05) is 6.07 Å². The third-order valence-electron chi connectivity index (χ3n) is 5.01. The van der Waals surface area contributed by atoms with E-state index in [1.165, 1.54) is 12.1 Å². The highest BCUT2D eigenvalue weighted by Crippen LogP contribution is 2.23. The van der Waals surface area contributed by atoms with Gasteiger partial charge in [-0.2, -0.15) is 4.98 Å². The number of hydrogen-bond donors (Lipinski definition) is 2. The van der Waals surface area contributed by atoms with Crippen LogP contribution >= 0.6 is 0 Å². The summed E-state index contributed by atoms with van der Waals surface area (Å²) in [6, 6.07) is 4.79. The lowest BCUT2D eigenvalue weighted by atomic mass is 9.91. The highest BCUT2D eigenvalue weighted by atomic mass is 19.2. The molecule has 1 heterocycles. The molecule has 1 aliphatic rings. The van der Waals surface area contributed by atoms with Gasteiger partial charge in [-0.15, -0.1) is 0 Å². The van der Waals surface area contributed by atoms with Crippen molar-refractivity contribution in [3.8, 4) is 0 Å².